The molecule has 92 valence electrons. The number of amides is 1. The molecule has 0 spiro atoms. The van der Waals surface area contributed by atoms with Gasteiger partial charge in [-0.2, -0.15) is 0 Å². The second-order valence-corrected chi connectivity index (χ2v) is 4.99. The van der Waals surface area contributed by atoms with Gasteiger partial charge < -0.3 is 11.1 Å². The van der Waals surface area contributed by atoms with Crippen LogP contribution in [0.25, 0.3) is 0 Å². The molecule has 1 amide bonds. The highest BCUT2D eigenvalue weighted by Gasteiger charge is 2.06. The average molecular weight is 326 g/mol. The molecule has 0 radical (unpaired) electrons. The van der Waals surface area contributed by atoms with Crippen LogP contribution in [0.1, 0.15) is 10.4 Å². The van der Waals surface area contributed by atoms with Gasteiger partial charge in [-0.25, -0.2) is 0 Å². The van der Waals surface area contributed by atoms with E-state index in [1.807, 2.05) is 0 Å². The maximum Gasteiger partial charge on any atom is 0.255 e. The predicted molar refractivity (Wildman–Crippen MR) is 78.0 cm³/mol. The van der Waals surface area contributed by atoms with E-state index in [4.69, 9.17) is 17.3 Å². The number of carbonyl (C=O) groups is 1. The molecule has 0 saturated carbocycles. The van der Waals surface area contributed by atoms with Crippen molar-refractivity contribution in [2.75, 3.05) is 11.1 Å². The third kappa shape index (κ3) is 3.03. The normalized spacial score (nSPS) is 10.1. The van der Waals surface area contributed by atoms with Gasteiger partial charge in [-0.3, -0.25) is 4.79 Å². The molecule has 0 aliphatic heterocycles. The zero-order chi connectivity index (χ0) is 13.1. The molecule has 18 heavy (non-hydrogen) atoms. The standard InChI is InChI=1S/C13H10BrClN2O/c14-11-7-10(5-6-12(11)16)17-13(18)8-1-3-9(15)4-2-8/h1-7H,16H2,(H,17,18). The smallest absolute Gasteiger partial charge is 0.255 e. The minimum absolute atomic E-state index is 0.191. The predicted octanol–water partition coefficient (Wildman–Crippen LogP) is 3.94. The number of nitrogens with one attached hydrogen (secondary N) is 1. The van der Waals surface area contributed by atoms with Crippen LogP contribution in [0.15, 0.2) is 46.9 Å². The zero-order valence-corrected chi connectivity index (χ0v) is 11.6. The highest BCUT2D eigenvalue weighted by molar-refractivity contribution is 9.10. The number of rotatable bonds is 2. The summed E-state index contributed by atoms with van der Waals surface area (Å²) in [5.74, 6) is -0.191. The summed E-state index contributed by atoms with van der Waals surface area (Å²) in [5.41, 5.74) is 7.52. The van der Waals surface area contributed by atoms with E-state index in [0.29, 0.717) is 22.0 Å². The van der Waals surface area contributed by atoms with Crippen molar-refractivity contribution >= 4 is 44.8 Å². The molecule has 0 aliphatic carbocycles. The molecular weight excluding hydrogens is 316 g/mol. The molecule has 0 saturated heterocycles. The lowest BCUT2D eigenvalue weighted by Crippen LogP contribution is -2.11. The van der Waals surface area contributed by atoms with Crippen LogP contribution in [0.4, 0.5) is 11.4 Å². The number of nitrogens with two attached hydrogens (primary N) is 1. The monoisotopic (exact) mass is 324 g/mol. The van der Waals surface area contributed by atoms with Crippen LogP contribution >= 0.6 is 27.5 Å². The molecule has 0 aliphatic rings. The Morgan fingerprint density at radius 1 is 1.17 bits per heavy atom. The van der Waals surface area contributed by atoms with Gasteiger partial charge in [0.1, 0.15) is 0 Å². The molecule has 2 rings (SSSR count). The van der Waals surface area contributed by atoms with E-state index < -0.39 is 0 Å². The van der Waals surface area contributed by atoms with Crippen molar-refractivity contribution in [3.63, 3.8) is 0 Å². The summed E-state index contributed by atoms with van der Waals surface area (Å²) in [6.45, 7) is 0. The summed E-state index contributed by atoms with van der Waals surface area (Å²) in [5, 5.41) is 3.38. The first-order chi connectivity index (χ1) is 8.56. The molecule has 0 bridgehead atoms. The van der Waals surface area contributed by atoms with Crippen molar-refractivity contribution in [3.05, 3.63) is 57.5 Å². The van der Waals surface area contributed by atoms with E-state index in [1.54, 1.807) is 42.5 Å². The van der Waals surface area contributed by atoms with Crippen molar-refractivity contribution < 1.29 is 4.79 Å². The van der Waals surface area contributed by atoms with E-state index in [2.05, 4.69) is 21.2 Å². The Balaban J connectivity index is 2.16. The lowest BCUT2D eigenvalue weighted by Gasteiger charge is -2.07. The van der Waals surface area contributed by atoms with Crippen molar-refractivity contribution in [1.82, 2.24) is 0 Å². The summed E-state index contributed by atoms with van der Waals surface area (Å²) in [6, 6.07) is 11.9. The third-order valence-corrected chi connectivity index (χ3v) is 3.30. The van der Waals surface area contributed by atoms with Crippen molar-refractivity contribution in [2.24, 2.45) is 0 Å². The first-order valence-electron chi connectivity index (χ1n) is 5.18. The van der Waals surface area contributed by atoms with Crippen LogP contribution in [-0.2, 0) is 0 Å². The molecule has 0 fully saturated rings. The second-order valence-electron chi connectivity index (χ2n) is 3.70. The Labute approximate surface area is 118 Å². The van der Waals surface area contributed by atoms with E-state index >= 15 is 0 Å². The number of carbonyl (C=O) groups excluding carboxylic acids is 1. The van der Waals surface area contributed by atoms with E-state index in [-0.39, 0.29) is 5.91 Å². The van der Waals surface area contributed by atoms with Crippen molar-refractivity contribution in [2.45, 2.75) is 0 Å². The quantitative estimate of drug-likeness (QED) is 0.822. The van der Waals surface area contributed by atoms with Gasteiger partial charge in [0.25, 0.3) is 5.91 Å². The minimum Gasteiger partial charge on any atom is -0.398 e. The molecule has 0 unspecified atom stereocenters. The van der Waals surface area contributed by atoms with Crippen LogP contribution in [-0.4, -0.2) is 5.91 Å². The second kappa shape index (κ2) is 5.42. The average Bonchev–Trinajstić information content (AvgIpc) is 2.34. The topological polar surface area (TPSA) is 55.1 Å². The maximum atomic E-state index is 11.9. The fraction of sp³-hybridized carbons (Fsp3) is 0. The fourth-order valence-corrected chi connectivity index (χ4v) is 1.91. The largest absolute Gasteiger partial charge is 0.398 e. The third-order valence-electron chi connectivity index (χ3n) is 2.36. The molecule has 3 nitrogen and oxygen atoms in total. The van der Waals surface area contributed by atoms with Gasteiger partial charge in [0.15, 0.2) is 0 Å². The van der Waals surface area contributed by atoms with Crippen LogP contribution in [0.3, 0.4) is 0 Å². The Kier molecular flexibility index (Phi) is 3.89. The summed E-state index contributed by atoms with van der Waals surface area (Å²) in [7, 11) is 0. The number of hydrogen-bond donors (Lipinski definition) is 2. The SMILES string of the molecule is Nc1ccc(NC(=O)c2ccc(Cl)cc2)cc1Br. The summed E-state index contributed by atoms with van der Waals surface area (Å²) in [4.78, 5) is 11.9. The number of halogens is 2. The first kappa shape index (κ1) is 12.9. The summed E-state index contributed by atoms with van der Waals surface area (Å²) < 4.78 is 0.747. The van der Waals surface area contributed by atoms with Gasteiger partial charge >= 0.3 is 0 Å². The van der Waals surface area contributed by atoms with E-state index in [9.17, 15) is 4.79 Å². The van der Waals surface area contributed by atoms with E-state index in [0.717, 1.165) is 4.47 Å². The Hall–Kier alpha value is -1.52. The first-order valence-corrected chi connectivity index (χ1v) is 6.35. The zero-order valence-electron chi connectivity index (χ0n) is 9.28. The van der Waals surface area contributed by atoms with Crippen LogP contribution in [0.5, 0.6) is 0 Å². The molecule has 0 aromatic heterocycles. The Bertz CT molecular complexity index is 584. The number of benzene rings is 2. The van der Waals surface area contributed by atoms with Crippen LogP contribution < -0.4 is 11.1 Å². The van der Waals surface area contributed by atoms with Gasteiger partial charge in [0, 0.05) is 26.4 Å². The summed E-state index contributed by atoms with van der Waals surface area (Å²) >= 11 is 9.07. The number of hydrogen-bond acceptors (Lipinski definition) is 2. The minimum atomic E-state index is -0.191. The van der Waals surface area contributed by atoms with Crippen molar-refractivity contribution in [3.8, 4) is 0 Å². The maximum absolute atomic E-state index is 11.9. The molecule has 3 N–H and O–H groups in total. The van der Waals surface area contributed by atoms with Gasteiger partial charge in [0.2, 0.25) is 0 Å². The lowest BCUT2D eigenvalue weighted by molar-refractivity contribution is 0.102. The fourth-order valence-electron chi connectivity index (χ4n) is 1.41. The molecule has 2 aromatic carbocycles. The molecule has 0 heterocycles. The van der Waals surface area contributed by atoms with Crippen LogP contribution in [0, 0.1) is 0 Å². The highest BCUT2D eigenvalue weighted by atomic mass is 79.9. The van der Waals surface area contributed by atoms with Crippen LogP contribution in [0.2, 0.25) is 5.02 Å². The molecule has 0 atom stereocenters. The summed E-state index contributed by atoms with van der Waals surface area (Å²) in [6.07, 6.45) is 0. The Morgan fingerprint density at radius 2 is 1.83 bits per heavy atom. The van der Waals surface area contributed by atoms with Crippen molar-refractivity contribution in [1.29, 1.82) is 0 Å². The Morgan fingerprint density at radius 3 is 2.44 bits per heavy atom. The van der Waals surface area contributed by atoms with Gasteiger partial charge in [0.05, 0.1) is 0 Å². The van der Waals surface area contributed by atoms with Gasteiger partial charge in [-0.05, 0) is 58.4 Å². The highest BCUT2D eigenvalue weighted by Crippen LogP contribution is 2.23. The lowest BCUT2D eigenvalue weighted by atomic mass is 10.2. The molecule has 2 aromatic rings. The number of nitrogen functional groups attached to an aromatic ring is 1. The van der Waals surface area contributed by atoms with Gasteiger partial charge in [-0.15, -0.1) is 0 Å². The number of anilines is 2. The molecular formula is C13H10BrClN2O. The van der Waals surface area contributed by atoms with Gasteiger partial charge in [-0.1, -0.05) is 11.6 Å². The van der Waals surface area contributed by atoms with E-state index in [1.165, 1.54) is 0 Å². The molecule has 5 heteroatoms.